The third-order valence-electron chi connectivity index (χ3n) is 4.98. The molecular weight excluding hydrogens is 372 g/mol. The Hall–Kier alpha value is -2.41. The number of hydrogen-bond acceptors (Lipinski definition) is 6. The molecule has 3 heterocycles. The Morgan fingerprint density at radius 3 is 2.68 bits per heavy atom. The summed E-state index contributed by atoms with van der Waals surface area (Å²) in [5.41, 5.74) is 0. The van der Waals surface area contributed by atoms with Crippen molar-refractivity contribution in [2.45, 2.75) is 31.5 Å². The predicted molar refractivity (Wildman–Crippen MR) is 111 cm³/mol. The summed E-state index contributed by atoms with van der Waals surface area (Å²) in [5.74, 6) is 4.33. The molecule has 0 bridgehead atoms. The molecule has 7 heteroatoms. The molecule has 4 rings (SSSR count). The summed E-state index contributed by atoms with van der Waals surface area (Å²) in [6, 6.07) is 13.8. The number of nitrogens with zero attached hydrogens (tertiary/aromatic N) is 4. The van der Waals surface area contributed by atoms with Crippen LogP contribution in [-0.2, 0) is 6.54 Å². The third-order valence-corrected chi connectivity index (χ3v) is 5.92. The molecule has 0 spiro atoms. The highest BCUT2D eigenvalue weighted by Gasteiger charge is 2.23. The molecule has 0 unspecified atom stereocenters. The van der Waals surface area contributed by atoms with Gasteiger partial charge in [-0.2, -0.15) is 0 Å². The SMILES string of the molecule is CC1CCN(c2nnc(SCCOc3ccccc3)n2Cc2ccco2)CC1. The van der Waals surface area contributed by atoms with Gasteiger partial charge in [-0.1, -0.05) is 36.9 Å². The monoisotopic (exact) mass is 398 g/mol. The van der Waals surface area contributed by atoms with Crippen molar-refractivity contribution in [1.29, 1.82) is 0 Å². The van der Waals surface area contributed by atoms with Gasteiger partial charge in [0.1, 0.15) is 11.5 Å². The number of rotatable bonds is 8. The van der Waals surface area contributed by atoms with Crippen LogP contribution < -0.4 is 9.64 Å². The number of anilines is 1. The number of hydrogen-bond donors (Lipinski definition) is 0. The van der Waals surface area contributed by atoms with Crippen LogP contribution in [-0.4, -0.2) is 40.2 Å². The van der Waals surface area contributed by atoms with Gasteiger partial charge in [-0.05, 0) is 43.0 Å². The average Bonchev–Trinajstić information content (AvgIpc) is 3.38. The summed E-state index contributed by atoms with van der Waals surface area (Å²) in [6.45, 7) is 5.64. The molecule has 2 aromatic heterocycles. The number of benzene rings is 1. The Balaban J connectivity index is 1.43. The van der Waals surface area contributed by atoms with Gasteiger partial charge in [0.2, 0.25) is 5.95 Å². The standard InChI is InChI=1S/C21H26N4O2S/c1-17-9-11-24(12-10-17)20-22-23-21(25(20)16-19-8-5-13-26-19)28-15-14-27-18-6-3-2-4-7-18/h2-8,13,17H,9-12,14-16H2,1H3. The molecular formula is C21H26N4O2S. The molecule has 1 aliphatic heterocycles. The first kappa shape index (κ1) is 18.9. The van der Waals surface area contributed by atoms with E-state index in [2.05, 4.69) is 26.6 Å². The molecule has 0 aliphatic carbocycles. The lowest BCUT2D eigenvalue weighted by Gasteiger charge is -2.31. The van der Waals surface area contributed by atoms with Crippen LogP contribution in [0.3, 0.4) is 0 Å². The normalized spacial score (nSPS) is 15.1. The molecule has 6 nitrogen and oxygen atoms in total. The van der Waals surface area contributed by atoms with Gasteiger partial charge < -0.3 is 14.1 Å². The molecule has 1 aromatic carbocycles. The molecule has 28 heavy (non-hydrogen) atoms. The first-order valence-corrected chi connectivity index (χ1v) is 10.8. The van der Waals surface area contributed by atoms with Gasteiger partial charge in [-0.3, -0.25) is 4.57 Å². The van der Waals surface area contributed by atoms with Gasteiger partial charge in [0.05, 0.1) is 19.4 Å². The molecule has 0 atom stereocenters. The summed E-state index contributed by atoms with van der Waals surface area (Å²) in [5, 5.41) is 9.89. The Kier molecular flexibility index (Phi) is 6.21. The lowest BCUT2D eigenvalue weighted by molar-refractivity contribution is 0.344. The lowest BCUT2D eigenvalue weighted by Crippen LogP contribution is -2.35. The molecule has 148 valence electrons. The molecule has 0 radical (unpaired) electrons. The van der Waals surface area contributed by atoms with Gasteiger partial charge in [0.15, 0.2) is 5.16 Å². The average molecular weight is 399 g/mol. The maximum atomic E-state index is 5.80. The van der Waals surface area contributed by atoms with Crippen LogP contribution >= 0.6 is 11.8 Å². The Labute approximate surface area is 169 Å². The van der Waals surface area contributed by atoms with Gasteiger partial charge >= 0.3 is 0 Å². The minimum absolute atomic E-state index is 0.624. The second-order valence-corrected chi connectivity index (χ2v) is 8.19. The quantitative estimate of drug-likeness (QED) is 0.416. The fourth-order valence-corrected chi connectivity index (χ4v) is 4.09. The molecule has 0 N–H and O–H groups in total. The summed E-state index contributed by atoms with van der Waals surface area (Å²) in [4.78, 5) is 2.35. The largest absolute Gasteiger partial charge is 0.493 e. The molecule has 1 saturated heterocycles. The van der Waals surface area contributed by atoms with Crippen molar-refractivity contribution in [3.63, 3.8) is 0 Å². The second-order valence-electron chi connectivity index (χ2n) is 7.13. The molecule has 1 aliphatic rings. The maximum absolute atomic E-state index is 5.80. The van der Waals surface area contributed by atoms with E-state index < -0.39 is 0 Å². The minimum Gasteiger partial charge on any atom is -0.493 e. The first-order valence-electron chi connectivity index (χ1n) is 9.81. The second kappa shape index (κ2) is 9.19. The highest BCUT2D eigenvalue weighted by Crippen LogP contribution is 2.27. The van der Waals surface area contributed by atoms with Crippen molar-refractivity contribution >= 4 is 17.7 Å². The Morgan fingerprint density at radius 1 is 1.11 bits per heavy atom. The van der Waals surface area contributed by atoms with E-state index in [0.29, 0.717) is 13.2 Å². The third kappa shape index (κ3) is 4.70. The molecule has 0 amide bonds. The van der Waals surface area contributed by atoms with E-state index in [1.807, 2.05) is 42.5 Å². The van der Waals surface area contributed by atoms with Crippen molar-refractivity contribution in [3.05, 3.63) is 54.5 Å². The van der Waals surface area contributed by atoms with E-state index in [1.165, 1.54) is 12.8 Å². The van der Waals surface area contributed by atoms with Crippen molar-refractivity contribution in [1.82, 2.24) is 14.8 Å². The predicted octanol–water partition coefficient (Wildman–Crippen LogP) is 4.33. The van der Waals surface area contributed by atoms with Crippen LogP contribution in [0.4, 0.5) is 5.95 Å². The van der Waals surface area contributed by atoms with Crippen LogP contribution in [0.2, 0.25) is 0 Å². The summed E-state index contributed by atoms with van der Waals surface area (Å²) < 4.78 is 13.5. The van der Waals surface area contributed by atoms with Gasteiger partial charge in [-0.25, -0.2) is 0 Å². The number of ether oxygens (including phenoxy) is 1. The smallest absolute Gasteiger partial charge is 0.228 e. The number of thioether (sulfide) groups is 1. The van der Waals surface area contributed by atoms with Gasteiger partial charge in [-0.15, -0.1) is 10.2 Å². The fraction of sp³-hybridized carbons (Fsp3) is 0.429. The fourth-order valence-electron chi connectivity index (χ4n) is 3.34. The summed E-state index contributed by atoms with van der Waals surface area (Å²) in [7, 11) is 0. The van der Waals surface area contributed by atoms with Gasteiger partial charge in [0.25, 0.3) is 0 Å². The molecule has 1 fully saturated rings. The minimum atomic E-state index is 0.624. The van der Waals surface area contributed by atoms with Crippen LogP contribution in [0.15, 0.2) is 58.3 Å². The van der Waals surface area contributed by atoms with Gasteiger partial charge in [0, 0.05) is 18.8 Å². The first-order chi connectivity index (χ1) is 13.8. The number of furan rings is 1. The van der Waals surface area contributed by atoms with Crippen molar-refractivity contribution in [2.75, 3.05) is 30.3 Å². The number of piperidine rings is 1. The lowest BCUT2D eigenvalue weighted by atomic mass is 10.00. The van der Waals surface area contributed by atoms with Crippen molar-refractivity contribution in [2.24, 2.45) is 5.92 Å². The van der Waals surface area contributed by atoms with E-state index in [4.69, 9.17) is 9.15 Å². The van der Waals surface area contributed by atoms with E-state index in [-0.39, 0.29) is 0 Å². The van der Waals surface area contributed by atoms with E-state index >= 15 is 0 Å². The zero-order chi connectivity index (χ0) is 19.2. The summed E-state index contributed by atoms with van der Waals surface area (Å²) in [6.07, 6.45) is 4.10. The van der Waals surface area contributed by atoms with E-state index in [0.717, 1.165) is 47.4 Å². The summed E-state index contributed by atoms with van der Waals surface area (Å²) >= 11 is 1.67. The number of para-hydroxylation sites is 1. The van der Waals surface area contributed by atoms with Crippen LogP contribution in [0.5, 0.6) is 5.75 Å². The highest BCUT2D eigenvalue weighted by atomic mass is 32.2. The maximum Gasteiger partial charge on any atom is 0.228 e. The van der Waals surface area contributed by atoms with Crippen LogP contribution in [0.25, 0.3) is 0 Å². The highest BCUT2D eigenvalue weighted by molar-refractivity contribution is 7.99. The van der Waals surface area contributed by atoms with Crippen molar-refractivity contribution in [3.8, 4) is 5.75 Å². The number of aromatic nitrogens is 3. The zero-order valence-electron chi connectivity index (χ0n) is 16.2. The molecule has 0 saturated carbocycles. The van der Waals surface area contributed by atoms with E-state index in [1.54, 1.807) is 18.0 Å². The van der Waals surface area contributed by atoms with E-state index in [9.17, 15) is 0 Å². The molecule has 3 aromatic rings. The Bertz CT molecular complexity index is 843. The zero-order valence-corrected chi connectivity index (χ0v) is 17.0. The van der Waals surface area contributed by atoms with Crippen molar-refractivity contribution < 1.29 is 9.15 Å². The Morgan fingerprint density at radius 2 is 1.93 bits per heavy atom. The van der Waals surface area contributed by atoms with Crippen LogP contribution in [0.1, 0.15) is 25.5 Å². The topological polar surface area (TPSA) is 56.3 Å². The van der Waals surface area contributed by atoms with Crippen LogP contribution in [0, 0.1) is 5.92 Å².